The van der Waals surface area contributed by atoms with E-state index in [4.69, 9.17) is 4.74 Å². The number of hydrogen-bond donors (Lipinski definition) is 1. The van der Waals surface area contributed by atoms with E-state index in [1.807, 2.05) is 25.1 Å². The van der Waals surface area contributed by atoms with Crippen LogP contribution in [-0.4, -0.2) is 18.6 Å². The van der Waals surface area contributed by atoms with E-state index in [1.165, 1.54) is 22.3 Å². The van der Waals surface area contributed by atoms with Gasteiger partial charge in [0.05, 0.1) is 0 Å². The first-order valence-corrected chi connectivity index (χ1v) is 9.47. The maximum Gasteiger partial charge on any atom is 0.260 e. The molecule has 1 N–H and O–H groups in total. The molecule has 0 fully saturated rings. The van der Waals surface area contributed by atoms with Gasteiger partial charge in [-0.2, -0.15) is 0 Å². The first-order valence-electron chi connectivity index (χ1n) is 9.47. The molecule has 140 valence electrons. The van der Waals surface area contributed by atoms with E-state index in [9.17, 15) is 4.79 Å². The molecule has 0 saturated carbocycles. The summed E-state index contributed by atoms with van der Waals surface area (Å²) in [5.41, 5.74) is 5.05. The van der Waals surface area contributed by atoms with Gasteiger partial charge in [-0.15, -0.1) is 0 Å². The molecule has 0 heterocycles. The smallest absolute Gasteiger partial charge is 0.260 e. The highest BCUT2D eigenvalue weighted by atomic mass is 16.5. The molecule has 0 aliphatic heterocycles. The van der Waals surface area contributed by atoms with Crippen LogP contribution < -0.4 is 10.1 Å². The standard InChI is InChI=1S/C23H31NO2/c1-16(2)21-11-9-20(10-12-21)7-6-14-24-23(25)19(5)26-22-13-8-17(3)18(4)15-22/h8-13,15-16,19H,6-7,14H2,1-5H3,(H,24,25)/t19-/m0/s1. The van der Waals surface area contributed by atoms with Crippen molar-refractivity contribution >= 4 is 5.91 Å². The molecule has 3 heteroatoms. The summed E-state index contributed by atoms with van der Waals surface area (Å²) >= 11 is 0. The molecule has 0 unspecified atom stereocenters. The van der Waals surface area contributed by atoms with E-state index in [1.54, 1.807) is 6.92 Å². The van der Waals surface area contributed by atoms with Gasteiger partial charge in [-0.1, -0.05) is 44.2 Å². The van der Waals surface area contributed by atoms with Gasteiger partial charge < -0.3 is 10.1 Å². The fraction of sp³-hybridized carbons (Fsp3) is 0.435. The number of rotatable bonds is 8. The third-order valence-corrected chi connectivity index (χ3v) is 4.75. The maximum absolute atomic E-state index is 12.2. The highest BCUT2D eigenvalue weighted by Crippen LogP contribution is 2.18. The Morgan fingerprint density at radius 2 is 1.69 bits per heavy atom. The molecule has 0 aliphatic rings. The predicted octanol–water partition coefficient (Wildman–Crippen LogP) is 4.94. The highest BCUT2D eigenvalue weighted by Gasteiger charge is 2.14. The van der Waals surface area contributed by atoms with Crippen molar-refractivity contribution in [2.45, 2.75) is 59.5 Å². The number of hydrogen-bond acceptors (Lipinski definition) is 2. The zero-order valence-electron chi connectivity index (χ0n) is 16.6. The molecule has 1 atom stereocenters. The number of aryl methyl sites for hydroxylation is 3. The van der Waals surface area contributed by atoms with Crippen LogP contribution in [0.25, 0.3) is 0 Å². The number of benzene rings is 2. The van der Waals surface area contributed by atoms with Crippen LogP contribution in [0.4, 0.5) is 0 Å². The summed E-state index contributed by atoms with van der Waals surface area (Å²) in [6.07, 6.45) is 1.39. The fourth-order valence-corrected chi connectivity index (χ4v) is 2.76. The van der Waals surface area contributed by atoms with Crippen LogP contribution in [0.2, 0.25) is 0 Å². The lowest BCUT2D eigenvalue weighted by Crippen LogP contribution is -2.36. The van der Waals surface area contributed by atoms with Crippen LogP contribution in [0.3, 0.4) is 0 Å². The molecule has 0 bridgehead atoms. The molecule has 0 radical (unpaired) electrons. The zero-order valence-corrected chi connectivity index (χ0v) is 16.6. The lowest BCUT2D eigenvalue weighted by molar-refractivity contribution is -0.127. The maximum atomic E-state index is 12.2. The van der Waals surface area contributed by atoms with Gasteiger partial charge in [-0.05, 0) is 73.9 Å². The molecule has 0 aliphatic carbocycles. The van der Waals surface area contributed by atoms with E-state index in [0.717, 1.165) is 18.6 Å². The molecule has 2 rings (SSSR count). The van der Waals surface area contributed by atoms with Crippen molar-refractivity contribution in [2.75, 3.05) is 6.54 Å². The SMILES string of the molecule is Cc1ccc(O[C@@H](C)C(=O)NCCCc2ccc(C(C)C)cc2)cc1C. The molecule has 0 spiro atoms. The number of carbonyl (C=O) groups excluding carboxylic acids is 1. The second-order valence-corrected chi connectivity index (χ2v) is 7.30. The van der Waals surface area contributed by atoms with Crippen molar-refractivity contribution < 1.29 is 9.53 Å². The van der Waals surface area contributed by atoms with Gasteiger partial charge in [0.25, 0.3) is 5.91 Å². The highest BCUT2D eigenvalue weighted by molar-refractivity contribution is 5.80. The summed E-state index contributed by atoms with van der Waals surface area (Å²) in [4.78, 5) is 12.2. The number of nitrogens with one attached hydrogen (secondary N) is 1. The van der Waals surface area contributed by atoms with E-state index >= 15 is 0 Å². The summed E-state index contributed by atoms with van der Waals surface area (Å²) in [6, 6.07) is 14.6. The molecule has 3 nitrogen and oxygen atoms in total. The lowest BCUT2D eigenvalue weighted by atomic mass is 10.0. The Morgan fingerprint density at radius 1 is 1.00 bits per heavy atom. The third kappa shape index (κ3) is 5.91. The normalized spacial score (nSPS) is 12.1. The van der Waals surface area contributed by atoms with E-state index in [2.05, 4.69) is 50.4 Å². The van der Waals surface area contributed by atoms with Gasteiger partial charge >= 0.3 is 0 Å². The Morgan fingerprint density at radius 3 is 2.31 bits per heavy atom. The summed E-state index contributed by atoms with van der Waals surface area (Å²) in [6.45, 7) is 10.9. The topological polar surface area (TPSA) is 38.3 Å². The Bertz CT molecular complexity index is 719. The minimum absolute atomic E-state index is 0.0709. The largest absolute Gasteiger partial charge is 0.481 e. The summed E-state index contributed by atoms with van der Waals surface area (Å²) in [5, 5.41) is 2.96. The first-order chi connectivity index (χ1) is 12.4. The van der Waals surface area contributed by atoms with Gasteiger partial charge in [-0.3, -0.25) is 4.79 Å². The number of carbonyl (C=O) groups is 1. The number of amides is 1. The van der Waals surface area contributed by atoms with Crippen molar-refractivity contribution in [3.8, 4) is 5.75 Å². The molecule has 26 heavy (non-hydrogen) atoms. The molecule has 0 aromatic heterocycles. The Kier molecular flexibility index (Phi) is 7.26. The van der Waals surface area contributed by atoms with Crippen molar-refractivity contribution in [1.82, 2.24) is 5.32 Å². The molecule has 2 aromatic rings. The van der Waals surface area contributed by atoms with Crippen LogP contribution in [0.15, 0.2) is 42.5 Å². The second kappa shape index (κ2) is 9.42. The van der Waals surface area contributed by atoms with Gasteiger partial charge in [0.2, 0.25) is 0 Å². The van der Waals surface area contributed by atoms with Gasteiger partial charge in [0, 0.05) is 6.54 Å². The van der Waals surface area contributed by atoms with Gasteiger partial charge in [-0.25, -0.2) is 0 Å². The molecular weight excluding hydrogens is 322 g/mol. The summed E-state index contributed by atoms with van der Waals surface area (Å²) < 4.78 is 5.75. The summed E-state index contributed by atoms with van der Waals surface area (Å²) in [7, 11) is 0. The Balaban J connectivity index is 1.72. The number of ether oxygens (including phenoxy) is 1. The zero-order chi connectivity index (χ0) is 19.1. The van der Waals surface area contributed by atoms with Crippen molar-refractivity contribution in [2.24, 2.45) is 0 Å². The second-order valence-electron chi connectivity index (χ2n) is 7.30. The van der Waals surface area contributed by atoms with E-state index < -0.39 is 6.10 Å². The minimum Gasteiger partial charge on any atom is -0.481 e. The Hall–Kier alpha value is -2.29. The first kappa shape index (κ1) is 20.0. The van der Waals surface area contributed by atoms with Crippen molar-refractivity contribution in [3.63, 3.8) is 0 Å². The van der Waals surface area contributed by atoms with Gasteiger partial charge in [0.15, 0.2) is 6.10 Å². The van der Waals surface area contributed by atoms with Crippen LogP contribution >= 0.6 is 0 Å². The molecule has 0 saturated heterocycles. The van der Waals surface area contributed by atoms with Crippen LogP contribution in [-0.2, 0) is 11.2 Å². The minimum atomic E-state index is -0.498. The monoisotopic (exact) mass is 353 g/mol. The molecular formula is C23H31NO2. The van der Waals surface area contributed by atoms with E-state index in [0.29, 0.717) is 12.5 Å². The fourth-order valence-electron chi connectivity index (χ4n) is 2.76. The van der Waals surface area contributed by atoms with Crippen LogP contribution in [0.1, 0.15) is 55.4 Å². The van der Waals surface area contributed by atoms with Crippen LogP contribution in [0, 0.1) is 13.8 Å². The predicted molar refractivity (Wildman–Crippen MR) is 108 cm³/mol. The van der Waals surface area contributed by atoms with E-state index in [-0.39, 0.29) is 5.91 Å². The van der Waals surface area contributed by atoms with Crippen LogP contribution in [0.5, 0.6) is 5.75 Å². The molecule has 2 aromatic carbocycles. The summed E-state index contributed by atoms with van der Waals surface area (Å²) in [5.74, 6) is 1.22. The van der Waals surface area contributed by atoms with Crippen molar-refractivity contribution in [1.29, 1.82) is 0 Å². The lowest BCUT2D eigenvalue weighted by Gasteiger charge is -2.15. The Labute approximate surface area is 157 Å². The average molecular weight is 354 g/mol. The third-order valence-electron chi connectivity index (χ3n) is 4.75. The quantitative estimate of drug-likeness (QED) is 0.682. The van der Waals surface area contributed by atoms with Gasteiger partial charge in [0.1, 0.15) is 5.75 Å². The molecule has 1 amide bonds. The van der Waals surface area contributed by atoms with Crippen molar-refractivity contribution in [3.05, 3.63) is 64.7 Å². The average Bonchev–Trinajstić information content (AvgIpc) is 2.62.